The van der Waals surface area contributed by atoms with Crippen LogP contribution in [-0.2, 0) is 14.3 Å². The van der Waals surface area contributed by atoms with Gasteiger partial charge in [-0.2, -0.15) is 0 Å². The molecule has 0 fully saturated rings. The predicted molar refractivity (Wildman–Crippen MR) is 99.1 cm³/mol. The van der Waals surface area contributed by atoms with Gasteiger partial charge in [0.25, 0.3) is 0 Å². The Kier molecular flexibility index (Phi) is 5.18. The minimum absolute atomic E-state index is 0.152. The van der Waals surface area contributed by atoms with Crippen LogP contribution in [0.15, 0.2) is 57.6 Å². The van der Waals surface area contributed by atoms with Gasteiger partial charge in [-0.3, -0.25) is 4.79 Å². The summed E-state index contributed by atoms with van der Waals surface area (Å²) in [6.45, 7) is 1.30. The Morgan fingerprint density at radius 1 is 1.19 bits per heavy atom. The smallest absolute Gasteiger partial charge is 0.363 e. The van der Waals surface area contributed by atoms with Gasteiger partial charge in [-0.05, 0) is 42.0 Å². The molecular weight excluding hydrogens is 402 g/mol. The van der Waals surface area contributed by atoms with Gasteiger partial charge < -0.3 is 14.2 Å². The largest absolute Gasteiger partial charge is 0.493 e. The zero-order valence-electron chi connectivity index (χ0n) is 14.0. The topological polar surface area (TPSA) is 74.2 Å². The van der Waals surface area contributed by atoms with Gasteiger partial charge in [-0.15, -0.1) is 0 Å². The van der Waals surface area contributed by atoms with Crippen LogP contribution in [0.2, 0.25) is 0 Å². The van der Waals surface area contributed by atoms with Crippen LogP contribution >= 0.6 is 15.9 Å². The molecule has 26 heavy (non-hydrogen) atoms. The molecule has 2 aromatic rings. The summed E-state index contributed by atoms with van der Waals surface area (Å²) in [6.07, 6.45) is 1.56. The van der Waals surface area contributed by atoms with E-state index < -0.39 is 11.9 Å². The zero-order chi connectivity index (χ0) is 18.7. The van der Waals surface area contributed by atoms with Crippen LogP contribution in [0.4, 0.5) is 0 Å². The number of carbonyl (C=O) groups excluding carboxylic acids is 2. The number of rotatable bonds is 4. The highest BCUT2D eigenvalue weighted by atomic mass is 79.9. The van der Waals surface area contributed by atoms with Crippen molar-refractivity contribution in [3.8, 4) is 11.5 Å². The number of hydrogen-bond acceptors (Lipinski definition) is 6. The first-order valence-corrected chi connectivity index (χ1v) is 8.40. The standard InChI is InChI=1S/C19H14BrNO5/c1-11(22)25-17-9-12(6-7-16(17)24-2)8-15-19(23)26-18(21-15)13-4-3-5-14(20)10-13/h3-10H,1-2H3/b15-8+. The van der Waals surface area contributed by atoms with Crippen LogP contribution < -0.4 is 9.47 Å². The number of carbonyl (C=O) groups is 2. The molecule has 0 atom stereocenters. The molecule has 1 aliphatic heterocycles. The average molecular weight is 416 g/mol. The molecule has 0 radical (unpaired) electrons. The van der Waals surface area contributed by atoms with Gasteiger partial charge >= 0.3 is 11.9 Å². The number of benzene rings is 2. The summed E-state index contributed by atoms with van der Waals surface area (Å²) >= 11 is 3.37. The Labute approximate surface area is 158 Å². The maximum Gasteiger partial charge on any atom is 0.363 e. The van der Waals surface area contributed by atoms with E-state index in [0.717, 1.165) is 4.47 Å². The molecule has 0 amide bonds. The van der Waals surface area contributed by atoms with Crippen molar-refractivity contribution in [3.05, 3.63) is 63.8 Å². The van der Waals surface area contributed by atoms with E-state index in [1.807, 2.05) is 12.1 Å². The van der Waals surface area contributed by atoms with Gasteiger partial charge in [0, 0.05) is 17.0 Å². The molecule has 0 spiro atoms. The highest BCUT2D eigenvalue weighted by Crippen LogP contribution is 2.30. The lowest BCUT2D eigenvalue weighted by atomic mass is 10.1. The second-order valence-corrected chi connectivity index (χ2v) is 6.27. The molecule has 132 valence electrons. The third-order valence-electron chi connectivity index (χ3n) is 3.44. The number of halogens is 1. The quantitative estimate of drug-likeness (QED) is 0.432. The number of aliphatic imine (C=N–C) groups is 1. The fourth-order valence-corrected chi connectivity index (χ4v) is 2.73. The van der Waals surface area contributed by atoms with E-state index >= 15 is 0 Å². The SMILES string of the molecule is COc1ccc(/C=C2/N=C(c3cccc(Br)c3)OC2=O)cc1OC(C)=O. The molecule has 0 aromatic heterocycles. The van der Waals surface area contributed by atoms with E-state index in [1.54, 1.807) is 36.4 Å². The zero-order valence-corrected chi connectivity index (χ0v) is 15.6. The van der Waals surface area contributed by atoms with Crippen molar-refractivity contribution < 1.29 is 23.8 Å². The van der Waals surface area contributed by atoms with Crippen LogP contribution in [-0.4, -0.2) is 24.9 Å². The molecule has 0 aliphatic carbocycles. The second-order valence-electron chi connectivity index (χ2n) is 5.35. The number of methoxy groups -OCH3 is 1. The molecule has 0 N–H and O–H groups in total. The summed E-state index contributed by atoms with van der Waals surface area (Å²) in [5.74, 6) is -0.115. The molecule has 2 aromatic carbocycles. The van der Waals surface area contributed by atoms with Gasteiger partial charge in [0.05, 0.1) is 7.11 Å². The number of esters is 2. The predicted octanol–water partition coefficient (Wildman–Crippen LogP) is 3.73. The van der Waals surface area contributed by atoms with E-state index in [0.29, 0.717) is 16.9 Å². The summed E-state index contributed by atoms with van der Waals surface area (Å²) in [6, 6.07) is 12.3. The van der Waals surface area contributed by atoms with Crippen molar-refractivity contribution in [1.82, 2.24) is 0 Å². The van der Waals surface area contributed by atoms with E-state index in [1.165, 1.54) is 14.0 Å². The summed E-state index contributed by atoms with van der Waals surface area (Å²) < 4.78 is 16.4. The van der Waals surface area contributed by atoms with E-state index in [9.17, 15) is 9.59 Å². The van der Waals surface area contributed by atoms with E-state index in [-0.39, 0.29) is 17.3 Å². The molecule has 1 heterocycles. The van der Waals surface area contributed by atoms with Crippen LogP contribution in [0.1, 0.15) is 18.1 Å². The fraction of sp³-hybridized carbons (Fsp3) is 0.105. The van der Waals surface area contributed by atoms with Crippen molar-refractivity contribution in [2.24, 2.45) is 4.99 Å². The van der Waals surface area contributed by atoms with Crippen LogP contribution in [0.5, 0.6) is 11.5 Å². The minimum atomic E-state index is -0.551. The molecule has 0 bridgehead atoms. The van der Waals surface area contributed by atoms with Crippen LogP contribution in [0.3, 0.4) is 0 Å². The number of ether oxygens (including phenoxy) is 3. The molecule has 0 unspecified atom stereocenters. The van der Waals surface area contributed by atoms with Gasteiger partial charge in [-0.1, -0.05) is 28.1 Å². The summed E-state index contributed by atoms with van der Waals surface area (Å²) in [7, 11) is 1.48. The first-order valence-electron chi connectivity index (χ1n) is 7.61. The lowest BCUT2D eigenvalue weighted by Crippen LogP contribution is -2.05. The summed E-state index contributed by atoms with van der Waals surface area (Å²) in [5.41, 5.74) is 1.46. The van der Waals surface area contributed by atoms with Crippen molar-refractivity contribution in [2.45, 2.75) is 6.92 Å². The van der Waals surface area contributed by atoms with Crippen molar-refractivity contribution in [1.29, 1.82) is 0 Å². The highest BCUT2D eigenvalue weighted by molar-refractivity contribution is 9.10. The highest BCUT2D eigenvalue weighted by Gasteiger charge is 2.24. The van der Waals surface area contributed by atoms with E-state index in [4.69, 9.17) is 14.2 Å². The molecule has 0 saturated heterocycles. The molecule has 7 heteroatoms. The lowest BCUT2D eigenvalue weighted by molar-refractivity contribution is -0.132. The molecule has 1 aliphatic rings. The van der Waals surface area contributed by atoms with Crippen molar-refractivity contribution in [2.75, 3.05) is 7.11 Å². The third-order valence-corrected chi connectivity index (χ3v) is 3.93. The number of nitrogens with zero attached hydrogens (tertiary/aromatic N) is 1. The molecule has 3 rings (SSSR count). The van der Waals surface area contributed by atoms with Crippen LogP contribution in [0.25, 0.3) is 6.08 Å². The van der Waals surface area contributed by atoms with E-state index in [2.05, 4.69) is 20.9 Å². The Morgan fingerprint density at radius 2 is 2.00 bits per heavy atom. The first kappa shape index (κ1) is 17.9. The molecule has 6 nitrogen and oxygen atoms in total. The lowest BCUT2D eigenvalue weighted by Gasteiger charge is -2.08. The Balaban J connectivity index is 1.94. The van der Waals surface area contributed by atoms with Gasteiger partial charge in [0.1, 0.15) is 0 Å². The first-order chi connectivity index (χ1) is 12.5. The maximum absolute atomic E-state index is 12.1. The number of hydrogen-bond donors (Lipinski definition) is 0. The van der Waals surface area contributed by atoms with Crippen molar-refractivity contribution in [3.63, 3.8) is 0 Å². The molecular formula is C19H14BrNO5. The van der Waals surface area contributed by atoms with Crippen LogP contribution in [0, 0.1) is 0 Å². The average Bonchev–Trinajstić information content (AvgIpc) is 2.95. The molecule has 0 saturated carbocycles. The number of cyclic esters (lactones) is 1. The van der Waals surface area contributed by atoms with Gasteiger partial charge in [0.2, 0.25) is 5.90 Å². The van der Waals surface area contributed by atoms with Gasteiger partial charge in [0.15, 0.2) is 17.2 Å². The summed E-state index contributed by atoms with van der Waals surface area (Å²) in [5, 5.41) is 0. The van der Waals surface area contributed by atoms with Gasteiger partial charge in [-0.25, -0.2) is 9.79 Å². The monoisotopic (exact) mass is 415 g/mol. The Bertz CT molecular complexity index is 949. The minimum Gasteiger partial charge on any atom is -0.493 e. The summed E-state index contributed by atoms with van der Waals surface area (Å²) in [4.78, 5) is 27.6. The van der Waals surface area contributed by atoms with Crippen molar-refractivity contribution >= 4 is 39.8 Å². The maximum atomic E-state index is 12.1. The Morgan fingerprint density at radius 3 is 2.69 bits per heavy atom. The Hall–Kier alpha value is -2.93. The fourth-order valence-electron chi connectivity index (χ4n) is 2.33. The second kappa shape index (κ2) is 7.53. The third kappa shape index (κ3) is 4.00. The normalized spacial score (nSPS) is 14.8.